The molecule has 0 atom stereocenters. The van der Waals surface area contributed by atoms with E-state index in [0.29, 0.717) is 11.3 Å². The van der Waals surface area contributed by atoms with Crippen LogP contribution in [0.15, 0.2) is 34.9 Å². The van der Waals surface area contributed by atoms with Crippen LogP contribution in [0.4, 0.5) is 4.39 Å². The van der Waals surface area contributed by atoms with Gasteiger partial charge in [0.2, 0.25) is 0 Å². The van der Waals surface area contributed by atoms with Crippen LogP contribution in [-0.2, 0) is 0 Å². The summed E-state index contributed by atoms with van der Waals surface area (Å²) >= 11 is 3.28. The van der Waals surface area contributed by atoms with E-state index in [1.54, 1.807) is 24.4 Å². The van der Waals surface area contributed by atoms with Crippen LogP contribution in [-0.4, -0.2) is 10.2 Å². The highest BCUT2D eigenvalue weighted by atomic mass is 79.9. The Morgan fingerprint density at radius 1 is 1.31 bits per heavy atom. The summed E-state index contributed by atoms with van der Waals surface area (Å²) in [6.45, 7) is 0. The molecule has 66 valence electrons. The minimum Gasteiger partial charge on any atom is -0.278 e. The molecule has 0 radical (unpaired) electrons. The van der Waals surface area contributed by atoms with Gasteiger partial charge in [0.25, 0.3) is 0 Å². The maximum absolute atomic E-state index is 13.3. The van der Waals surface area contributed by atoms with E-state index >= 15 is 0 Å². The van der Waals surface area contributed by atoms with Gasteiger partial charge < -0.3 is 0 Å². The van der Waals surface area contributed by atoms with E-state index < -0.39 is 0 Å². The zero-order valence-corrected chi connectivity index (χ0v) is 8.18. The number of nitrogens with zero attached hydrogens (tertiary/aromatic N) is 1. The number of halogens is 2. The fraction of sp³-hybridized carbons (Fsp3) is 0. The largest absolute Gasteiger partial charge is 0.278 e. The fourth-order valence-corrected chi connectivity index (χ4v) is 1.71. The van der Waals surface area contributed by atoms with Crippen LogP contribution in [0, 0.1) is 5.82 Å². The van der Waals surface area contributed by atoms with Crippen molar-refractivity contribution >= 4 is 15.9 Å². The molecule has 0 saturated heterocycles. The topological polar surface area (TPSA) is 28.7 Å². The molecule has 2 nitrogen and oxygen atoms in total. The van der Waals surface area contributed by atoms with Crippen LogP contribution in [0.25, 0.3) is 11.3 Å². The summed E-state index contributed by atoms with van der Waals surface area (Å²) in [5.41, 5.74) is 1.19. The highest BCUT2D eigenvalue weighted by molar-refractivity contribution is 9.10. The van der Waals surface area contributed by atoms with Gasteiger partial charge in [-0.3, -0.25) is 5.10 Å². The van der Waals surface area contributed by atoms with E-state index in [0.717, 1.165) is 4.47 Å². The second kappa shape index (κ2) is 3.30. The third-order valence-corrected chi connectivity index (χ3v) is 2.39. The summed E-state index contributed by atoms with van der Waals surface area (Å²) in [7, 11) is 0. The normalized spacial score (nSPS) is 10.3. The Labute approximate surface area is 82.9 Å². The molecular weight excluding hydrogens is 235 g/mol. The van der Waals surface area contributed by atoms with Gasteiger partial charge in [-0.25, -0.2) is 4.39 Å². The lowest BCUT2D eigenvalue weighted by atomic mass is 10.1. The van der Waals surface area contributed by atoms with Crippen molar-refractivity contribution in [2.24, 2.45) is 0 Å². The molecule has 4 heteroatoms. The molecule has 1 aromatic heterocycles. The predicted molar refractivity (Wildman–Crippen MR) is 51.7 cm³/mol. The van der Waals surface area contributed by atoms with Crippen LogP contribution in [0.1, 0.15) is 0 Å². The van der Waals surface area contributed by atoms with Crippen molar-refractivity contribution in [3.63, 3.8) is 0 Å². The second-order valence-corrected chi connectivity index (χ2v) is 3.42. The van der Waals surface area contributed by atoms with Crippen LogP contribution in [0.3, 0.4) is 0 Å². The quantitative estimate of drug-likeness (QED) is 0.816. The SMILES string of the molecule is Fc1cccc(Br)c1-c1ccn[nH]1. The molecule has 0 saturated carbocycles. The van der Waals surface area contributed by atoms with Crippen molar-refractivity contribution in [3.8, 4) is 11.3 Å². The summed E-state index contributed by atoms with van der Waals surface area (Å²) in [6.07, 6.45) is 1.59. The number of aromatic amines is 1. The minimum atomic E-state index is -0.265. The number of aromatic nitrogens is 2. The van der Waals surface area contributed by atoms with Crippen molar-refractivity contribution in [1.82, 2.24) is 10.2 Å². The van der Waals surface area contributed by atoms with Crippen molar-refractivity contribution in [1.29, 1.82) is 0 Å². The molecule has 0 aliphatic heterocycles. The lowest BCUT2D eigenvalue weighted by Gasteiger charge is -2.01. The Morgan fingerprint density at radius 2 is 2.15 bits per heavy atom. The van der Waals surface area contributed by atoms with Gasteiger partial charge in [0.1, 0.15) is 5.82 Å². The van der Waals surface area contributed by atoms with Crippen LogP contribution < -0.4 is 0 Å². The van der Waals surface area contributed by atoms with E-state index in [9.17, 15) is 4.39 Å². The van der Waals surface area contributed by atoms with Crippen LogP contribution in [0.5, 0.6) is 0 Å². The molecule has 2 aromatic rings. The van der Waals surface area contributed by atoms with Gasteiger partial charge in [-0.2, -0.15) is 5.10 Å². The summed E-state index contributed by atoms with van der Waals surface area (Å²) in [4.78, 5) is 0. The van der Waals surface area contributed by atoms with Gasteiger partial charge in [0.15, 0.2) is 0 Å². The average molecular weight is 241 g/mol. The Morgan fingerprint density at radius 3 is 2.77 bits per heavy atom. The first-order valence-corrected chi connectivity index (χ1v) is 4.52. The summed E-state index contributed by atoms with van der Waals surface area (Å²) in [5.74, 6) is -0.265. The molecule has 0 unspecified atom stereocenters. The molecule has 0 spiro atoms. The average Bonchev–Trinajstić information content (AvgIpc) is 2.57. The van der Waals surface area contributed by atoms with E-state index in [2.05, 4.69) is 26.1 Å². The van der Waals surface area contributed by atoms with Gasteiger partial charge >= 0.3 is 0 Å². The molecule has 2 rings (SSSR count). The summed E-state index contributed by atoms with van der Waals surface area (Å²) < 4.78 is 14.1. The van der Waals surface area contributed by atoms with Gasteiger partial charge in [-0.05, 0) is 34.1 Å². The van der Waals surface area contributed by atoms with Crippen molar-refractivity contribution in [3.05, 3.63) is 40.8 Å². The first kappa shape index (κ1) is 8.44. The standard InChI is InChI=1S/C9H6BrFN2/c10-6-2-1-3-7(11)9(6)8-4-5-12-13-8/h1-5H,(H,12,13). The molecule has 0 fully saturated rings. The zero-order chi connectivity index (χ0) is 9.26. The second-order valence-electron chi connectivity index (χ2n) is 2.57. The Hall–Kier alpha value is -1.16. The van der Waals surface area contributed by atoms with Crippen LogP contribution in [0.2, 0.25) is 0 Å². The fourth-order valence-electron chi connectivity index (χ4n) is 1.15. The van der Waals surface area contributed by atoms with Crippen molar-refractivity contribution < 1.29 is 4.39 Å². The Bertz CT molecular complexity index is 391. The minimum absolute atomic E-state index is 0.265. The number of rotatable bonds is 1. The number of nitrogens with one attached hydrogen (secondary N) is 1. The molecular formula is C9H6BrFN2. The monoisotopic (exact) mass is 240 g/mol. The van der Waals surface area contributed by atoms with Gasteiger partial charge in [0, 0.05) is 16.2 Å². The number of hydrogen-bond donors (Lipinski definition) is 1. The maximum Gasteiger partial charge on any atom is 0.133 e. The third kappa shape index (κ3) is 1.49. The lowest BCUT2D eigenvalue weighted by molar-refractivity contribution is 0.630. The molecule has 1 aromatic carbocycles. The van der Waals surface area contributed by atoms with E-state index in [4.69, 9.17) is 0 Å². The zero-order valence-electron chi connectivity index (χ0n) is 6.59. The summed E-state index contributed by atoms with van der Waals surface area (Å²) in [6, 6.07) is 6.59. The molecule has 1 N–H and O–H groups in total. The number of benzene rings is 1. The van der Waals surface area contributed by atoms with E-state index in [1.165, 1.54) is 6.07 Å². The third-order valence-electron chi connectivity index (χ3n) is 1.73. The maximum atomic E-state index is 13.3. The van der Waals surface area contributed by atoms with Gasteiger partial charge in [0.05, 0.1) is 5.69 Å². The van der Waals surface area contributed by atoms with E-state index in [-0.39, 0.29) is 5.82 Å². The molecule has 0 bridgehead atoms. The molecule has 13 heavy (non-hydrogen) atoms. The molecule has 0 aliphatic rings. The predicted octanol–water partition coefficient (Wildman–Crippen LogP) is 2.98. The van der Waals surface area contributed by atoms with Crippen LogP contribution >= 0.6 is 15.9 Å². The first-order chi connectivity index (χ1) is 6.29. The summed E-state index contributed by atoms with van der Waals surface area (Å²) in [5, 5.41) is 6.48. The Balaban J connectivity index is 2.64. The molecule has 0 aliphatic carbocycles. The lowest BCUT2D eigenvalue weighted by Crippen LogP contribution is -1.85. The molecule has 1 heterocycles. The molecule has 0 amide bonds. The first-order valence-electron chi connectivity index (χ1n) is 3.73. The number of H-pyrrole nitrogens is 1. The highest BCUT2D eigenvalue weighted by Crippen LogP contribution is 2.28. The van der Waals surface area contributed by atoms with Crippen molar-refractivity contribution in [2.45, 2.75) is 0 Å². The highest BCUT2D eigenvalue weighted by Gasteiger charge is 2.09. The van der Waals surface area contributed by atoms with Crippen molar-refractivity contribution in [2.75, 3.05) is 0 Å². The van der Waals surface area contributed by atoms with Gasteiger partial charge in [-0.15, -0.1) is 0 Å². The smallest absolute Gasteiger partial charge is 0.133 e. The number of hydrogen-bond acceptors (Lipinski definition) is 1. The Kier molecular flexibility index (Phi) is 2.14. The van der Waals surface area contributed by atoms with E-state index in [1.807, 2.05) is 0 Å². The van der Waals surface area contributed by atoms with Gasteiger partial charge in [-0.1, -0.05) is 6.07 Å².